The predicted molar refractivity (Wildman–Crippen MR) is 154 cm³/mol. The van der Waals surface area contributed by atoms with Gasteiger partial charge in [-0.15, -0.1) is 13.9 Å². The number of ether oxygens (including phenoxy) is 1. The van der Waals surface area contributed by atoms with Crippen LogP contribution in [0.3, 0.4) is 0 Å². The fourth-order valence-corrected chi connectivity index (χ4v) is 11.6. The van der Waals surface area contributed by atoms with E-state index < -0.39 is 0 Å². The maximum atomic E-state index is 5.59. The molecule has 5 rings (SSSR count). The maximum absolute atomic E-state index is 5.59. The first kappa shape index (κ1) is 28.7. The summed E-state index contributed by atoms with van der Waals surface area (Å²) in [6.07, 6.45) is 14.7. The summed E-state index contributed by atoms with van der Waals surface area (Å²) >= 11 is 0. The van der Waals surface area contributed by atoms with Crippen LogP contribution in [0.25, 0.3) is 0 Å². The van der Waals surface area contributed by atoms with Crippen LogP contribution in [0.15, 0.2) is 60.7 Å². The second kappa shape index (κ2) is 14.7. The monoisotopic (exact) mass is 548 g/mol. The first-order chi connectivity index (χ1) is 16.7. The summed E-state index contributed by atoms with van der Waals surface area (Å²) in [5.41, 5.74) is 4.49. The predicted octanol–water partition coefficient (Wildman–Crippen LogP) is 7.84. The molecule has 0 heterocycles. The van der Waals surface area contributed by atoms with Crippen molar-refractivity contribution in [3.05, 3.63) is 71.8 Å². The van der Waals surface area contributed by atoms with Gasteiger partial charge in [0.25, 0.3) is 0 Å². The first-order valence-corrected chi connectivity index (χ1v) is 15.8. The smallest absolute Gasteiger partial charge is 0.496 e. The first-order valence-electron chi connectivity index (χ1n) is 13.3. The second-order valence-electron chi connectivity index (χ2n) is 10.0. The van der Waals surface area contributed by atoms with E-state index in [1.807, 2.05) is 30.3 Å². The minimum atomic E-state index is -0.0144. The summed E-state index contributed by atoms with van der Waals surface area (Å²) in [7, 11) is 2.54. The SMILES string of the molecule is COc1c(C)cc(Pc2cc[cH-]c2P(C2CCCCC2)C2CCCCC2)cc1C.[Fe+2].c1cc[cH-]c1. The molecule has 2 fully saturated rings. The normalized spacial score (nSPS) is 17.3. The van der Waals surface area contributed by atoms with Crippen molar-refractivity contribution in [1.29, 1.82) is 0 Å². The van der Waals surface area contributed by atoms with Crippen LogP contribution in [0, 0.1) is 13.8 Å². The Hall–Kier alpha value is -0.901. The molecule has 0 radical (unpaired) electrons. The molecule has 1 atom stereocenters. The van der Waals surface area contributed by atoms with Gasteiger partial charge in [0.15, 0.2) is 0 Å². The van der Waals surface area contributed by atoms with Crippen LogP contribution in [-0.2, 0) is 17.1 Å². The van der Waals surface area contributed by atoms with Gasteiger partial charge in [0.2, 0.25) is 0 Å². The molecule has 4 heteroatoms. The zero-order valence-electron chi connectivity index (χ0n) is 21.7. The summed E-state index contributed by atoms with van der Waals surface area (Å²) < 4.78 is 5.59. The van der Waals surface area contributed by atoms with E-state index in [9.17, 15) is 0 Å². The van der Waals surface area contributed by atoms with Gasteiger partial charge in [-0.25, -0.2) is 18.2 Å². The number of hydrogen-bond donors (Lipinski definition) is 0. The molecule has 0 bridgehead atoms. The number of methoxy groups -OCH3 is 1. The summed E-state index contributed by atoms with van der Waals surface area (Å²) in [5.74, 6) is 1.05. The van der Waals surface area contributed by atoms with Gasteiger partial charge in [0.05, 0.1) is 7.11 Å². The Morgan fingerprint density at radius 2 is 1.37 bits per heavy atom. The van der Waals surface area contributed by atoms with E-state index in [0.29, 0.717) is 0 Å². The Bertz CT molecular complexity index is 923. The molecule has 2 aliphatic carbocycles. The minimum Gasteiger partial charge on any atom is -0.496 e. The molecule has 35 heavy (non-hydrogen) atoms. The fraction of sp³-hybridized carbons (Fsp3) is 0.484. The second-order valence-corrected chi connectivity index (χ2v) is 14.2. The molecule has 0 amide bonds. The van der Waals surface area contributed by atoms with Crippen molar-refractivity contribution >= 4 is 32.4 Å². The molecule has 2 aliphatic rings. The van der Waals surface area contributed by atoms with E-state index in [2.05, 4.69) is 44.2 Å². The summed E-state index contributed by atoms with van der Waals surface area (Å²) in [6.45, 7) is 4.37. The third-order valence-corrected chi connectivity index (χ3v) is 12.6. The number of rotatable bonds is 6. The zero-order valence-corrected chi connectivity index (χ0v) is 24.7. The summed E-state index contributed by atoms with van der Waals surface area (Å²) in [6, 6.07) is 22.0. The van der Waals surface area contributed by atoms with Gasteiger partial charge in [-0.2, -0.15) is 35.6 Å². The standard InChI is InChI=1S/C26H37OP2.C5H5.Fe/c1-19-17-21(18-20(2)26(19)27-3)28-24-15-10-16-25(24)29(22-11-6-4-7-12-22)23-13-8-5-9-14-23;1-2-4-5-3-1;/h10,15-18,22-23,28H,4-9,11-14H2,1-3H3;1-5H;/q2*-1;+2. The molecule has 1 unspecified atom stereocenters. The number of benzene rings is 1. The van der Waals surface area contributed by atoms with Gasteiger partial charge in [0, 0.05) is 0 Å². The molecule has 0 spiro atoms. The van der Waals surface area contributed by atoms with Gasteiger partial charge in [-0.3, -0.25) is 0 Å². The van der Waals surface area contributed by atoms with E-state index in [0.717, 1.165) is 25.6 Å². The van der Waals surface area contributed by atoms with Crippen molar-refractivity contribution in [1.82, 2.24) is 0 Å². The average molecular weight is 548 g/mol. The fourth-order valence-electron chi connectivity index (χ4n) is 5.97. The zero-order chi connectivity index (χ0) is 23.8. The summed E-state index contributed by atoms with van der Waals surface area (Å²) in [5, 5.41) is 4.87. The van der Waals surface area contributed by atoms with Gasteiger partial charge in [0.1, 0.15) is 5.75 Å². The van der Waals surface area contributed by atoms with Crippen molar-refractivity contribution in [3.63, 3.8) is 0 Å². The van der Waals surface area contributed by atoms with Crippen LogP contribution in [0.4, 0.5) is 0 Å². The Kier molecular flexibility index (Phi) is 12.1. The average Bonchev–Trinajstić information content (AvgIpc) is 3.57. The van der Waals surface area contributed by atoms with Crippen molar-refractivity contribution in [2.24, 2.45) is 0 Å². The van der Waals surface area contributed by atoms with Gasteiger partial charge >= 0.3 is 17.1 Å². The van der Waals surface area contributed by atoms with Gasteiger partial charge in [-0.05, 0) is 79.4 Å². The van der Waals surface area contributed by atoms with Crippen LogP contribution in [0.5, 0.6) is 5.75 Å². The van der Waals surface area contributed by atoms with Crippen LogP contribution in [-0.4, -0.2) is 18.4 Å². The van der Waals surface area contributed by atoms with Crippen molar-refractivity contribution in [2.45, 2.75) is 89.4 Å². The summed E-state index contributed by atoms with van der Waals surface area (Å²) in [4.78, 5) is 0. The molecule has 0 aromatic heterocycles. The minimum absolute atomic E-state index is 0. The Morgan fingerprint density at radius 3 is 1.83 bits per heavy atom. The van der Waals surface area contributed by atoms with Crippen molar-refractivity contribution in [3.8, 4) is 5.75 Å². The topological polar surface area (TPSA) is 9.23 Å². The van der Waals surface area contributed by atoms with E-state index >= 15 is 0 Å². The third-order valence-electron chi connectivity index (χ3n) is 7.51. The molecular formula is C31H42FeOP2. The quantitative estimate of drug-likeness (QED) is 0.173. The van der Waals surface area contributed by atoms with Crippen LogP contribution >= 0.6 is 16.5 Å². The van der Waals surface area contributed by atoms with E-state index in [-0.39, 0.29) is 25.0 Å². The molecule has 0 saturated heterocycles. The van der Waals surface area contributed by atoms with Crippen LogP contribution in [0.1, 0.15) is 75.3 Å². The number of hydrogen-bond acceptors (Lipinski definition) is 1. The van der Waals surface area contributed by atoms with E-state index in [4.69, 9.17) is 4.74 Å². The third kappa shape index (κ3) is 7.79. The van der Waals surface area contributed by atoms with Crippen LogP contribution < -0.4 is 20.7 Å². The molecule has 3 aromatic rings. The van der Waals surface area contributed by atoms with Gasteiger partial charge < -0.3 is 4.74 Å². The molecule has 2 saturated carbocycles. The Balaban J connectivity index is 0.000000509. The largest absolute Gasteiger partial charge is 2.00 e. The molecule has 0 aliphatic heterocycles. The molecule has 190 valence electrons. The van der Waals surface area contributed by atoms with Crippen LogP contribution in [0.2, 0.25) is 0 Å². The van der Waals surface area contributed by atoms with Crippen molar-refractivity contribution in [2.75, 3.05) is 7.11 Å². The molecular weight excluding hydrogens is 506 g/mol. The van der Waals surface area contributed by atoms with E-state index in [1.54, 1.807) is 17.7 Å². The van der Waals surface area contributed by atoms with Gasteiger partial charge in [-0.1, -0.05) is 46.4 Å². The van der Waals surface area contributed by atoms with Crippen molar-refractivity contribution < 1.29 is 21.8 Å². The Morgan fingerprint density at radius 1 is 0.829 bits per heavy atom. The van der Waals surface area contributed by atoms with E-state index in [1.165, 1.54) is 80.6 Å². The molecule has 3 aromatic carbocycles. The maximum Gasteiger partial charge on any atom is 2.00 e. The molecule has 1 nitrogen and oxygen atoms in total. The number of aryl methyl sites for hydroxylation is 2. The molecule has 0 N–H and O–H groups in total. The Labute approximate surface area is 227 Å².